The van der Waals surface area contributed by atoms with Crippen molar-refractivity contribution in [3.63, 3.8) is 0 Å². The fourth-order valence-corrected chi connectivity index (χ4v) is 3.14. The summed E-state index contributed by atoms with van der Waals surface area (Å²) < 4.78 is 13.7. The molecular formula is C16H18ClFN2. The second kappa shape index (κ2) is 5.57. The van der Waals surface area contributed by atoms with Crippen LogP contribution in [0.25, 0.3) is 10.9 Å². The molecule has 0 bridgehead atoms. The highest BCUT2D eigenvalue weighted by Gasteiger charge is 2.18. The third kappa shape index (κ3) is 2.35. The number of anilines is 1. The van der Waals surface area contributed by atoms with E-state index in [9.17, 15) is 4.39 Å². The Balaban J connectivity index is 2.30. The molecule has 0 unspecified atom stereocenters. The van der Waals surface area contributed by atoms with Crippen molar-refractivity contribution in [3.8, 4) is 0 Å². The number of fused-ring (bicyclic) bond motifs is 2. The van der Waals surface area contributed by atoms with Crippen molar-refractivity contribution in [2.24, 2.45) is 0 Å². The quantitative estimate of drug-likeness (QED) is 0.810. The van der Waals surface area contributed by atoms with E-state index in [1.807, 2.05) is 0 Å². The van der Waals surface area contributed by atoms with Crippen molar-refractivity contribution in [3.05, 3.63) is 34.2 Å². The summed E-state index contributed by atoms with van der Waals surface area (Å²) in [5, 5.41) is 4.52. The first-order valence-corrected chi connectivity index (χ1v) is 7.63. The first-order chi connectivity index (χ1) is 9.70. The normalized spacial score (nSPS) is 14.9. The summed E-state index contributed by atoms with van der Waals surface area (Å²) in [6, 6.07) is 3.14. The molecular weight excluding hydrogens is 275 g/mol. The van der Waals surface area contributed by atoms with E-state index >= 15 is 0 Å². The van der Waals surface area contributed by atoms with Gasteiger partial charge in [-0.2, -0.15) is 0 Å². The van der Waals surface area contributed by atoms with Crippen LogP contribution < -0.4 is 5.32 Å². The molecule has 1 aromatic heterocycles. The monoisotopic (exact) mass is 292 g/mol. The Kier molecular flexibility index (Phi) is 3.79. The zero-order chi connectivity index (χ0) is 14.1. The molecule has 0 atom stereocenters. The SMILES string of the molecule is CCNc1c2c(nc3cc(F)c(Cl)cc13)CCCCC2. The Hall–Kier alpha value is -1.35. The number of benzene rings is 1. The topological polar surface area (TPSA) is 24.9 Å². The van der Waals surface area contributed by atoms with Gasteiger partial charge in [-0.05, 0) is 44.2 Å². The summed E-state index contributed by atoms with van der Waals surface area (Å²) in [6.45, 7) is 2.90. The third-order valence-electron chi connectivity index (χ3n) is 3.91. The Morgan fingerprint density at radius 1 is 1.25 bits per heavy atom. The van der Waals surface area contributed by atoms with E-state index in [1.54, 1.807) is 6.07 Å². The number of hydrogen-bond acceptors (Lipinski definition) is 2. The molecule has 1 aliphatic carbocycles. The number of rotatable bonds is 2. The molecule has 1 aliphatic rings. The molecule has 106 valence electrons. The van der Waals surface area contributed by atoms with Crippen molar-refractivity contribution in [2.75, 3.05) is 11.9 Å². The van der Waals surface area contributed by atoms with Gasteiger partial charge in [-0.1, -0.05) is 18.0 Å². The lowest BCUT2D eigenvalue weighted by Crippen LogP contribution is -2.06. The molecule has 0 amide bonds. The second-order valence-corrected chi connectivity index (χ2v) is 5.69. The van der Waals surface area contributed by atoms with Gasteiger partial charge in [-0.3, -0.25) is 4.98 Å². The summed E-state index contributed by atoms with van der Waals surface area (Å²) >= 11 is 5.94. The molecule has 0 saturated carbocycles. The highest BCUT2D eigenvalue weighted by molar-refractivity contribution is 6.31. The molecule has 0 spiro atoms. The van der Waals surface area contributed by atoms with Crippen LogP contribution in [0.4, 0.5) is 10.1 Å². The average Bonchev–Trinajstić information content (AvgIpc) is 2.66. The van der Waals surface area contributed by atoms with Gasteiger partial charge in [-0.25, -0.2) is 4.39 Å². The molecule has 0 aliphatic heterocycles. The van der Waals surface area contributed by atoms with Crippen LogP contribution in [0.3, 0.4) is 0 Å². The van der Waals surface area contributed by atoms with Gasteiger partial charge in [0.1, 0.15) is 5.82 Å². The van der Waals surface area contributed by atoms with E-state index in [0.29, 0.717) is 5.52 Å². The van der Waals surface area contributed by atoms with Crippen LogP contribution in [0.1, 0.15) is 37.4 Å². The molecule has 0 radical (unpaired) electrons. The predicted molar refractivity (Wildman–Crippen MR) is 82.1 cm³/mol. The minimum Gasteiger partial charge on any atom is -0.384 e. The van der Waals surface area contributed by atoms with E-state index in [4.69, 9.17) is 11.6 Å². The van der Waals surface area contributed by atoms with Gasteiger partial charge in [0.05, 0.1) is 10.5 Å². The lowest BCUT2D eigenvalue weighted by atomic mass is 10.0. The van der Waals surface area contributed by atoms with E-state index in [-0.39, 0.29) is 5.02 Å². The van der Waals surface area contributed by atoms with Gasteiger partial charge >= 0.3 is 0 Å². The van der Waals surface area contributed by atoms with E-state index in [0.717, 1.165) is 42.6 Å². The maximum Gasteiger partial charge on any atom is 0.143 e. The van der Waals surface area contributed by atoms with Crippen molar-refractivity contribution in [1.82, 2.24) is 4.98 Å². The summed E-state index contributed by atoms with van der Waals surface area (Å²) in [6.07, 6.45) is 5.59. The third-order valence-corrected chi connectivity index (χ3v) is 4.20. The zero-order valence-electron chi connectivity index (χ0n) is 11.6. The maximum atomic E-state index is 13.7. The molecule has 2 aromatic rings. The summed E-state index contributed by atoms with van der Waals surface area (Å²) in [7, 11) is 0. The fourth-order valence-electron chi connectivity index (χ4n) is 2.97. The van der Waals surface area contributed by atoms with Gasteiger partial charge in [0.2, 0.25) is 0 Å². The summed E-state index contributed by atoms with van der Waals surface area (Å²) in [5.74, 6) is -0.400. The second-order valence-electron chi connectivity index (χ2n) is 5.29. The number of nitrogens with one attached hydrogen (secondary N) is 1. The van der Waals surface area contributed by atoms with E-state index < -0.39 is 5.82 Å². The molecule has 4 heteroatoms. The number of aryl methyl sites for hydroxylation is 1. The van der Waals surface area contributed by atoms with Crippen molar-refractivity contribution in [1.29, 1.82) is 0 Å². The van der Waals surface area contributed by atoms with Crippen molar-refractivity contribution < 1.29 is 4.39 Å². The largest absolute Gasteiger partial charge is 0.384 e. The highest BCUT2D eigenvalue weighted by Crippen LogP contribution is 2.34. The van der Waals surface area contributed by atoms with Crippen LogP contribution in [0.15, 0.2) is 12.1 Å². The Morgan fingerprint density at radius 3 is 2.85 bits per heavy atom. The van der Waals surface area contributed by atoms with Crippen LogP contribution in [0, 0.1) is 5.82 Å². The Bertz CT molecular complexity index is 655. The van der Waals surface area contributed by atoms with Gasteiger partial charge in [0, 0.05) is 29.4 Å². The average molecular weight is 293 g/mol. The highest BCUT2D eigenvalue weighted by atomic mass is 35.5. The van der Waals surface area contributed by atoms with Gasteiger partial charge in [0.25, 0.3) is 0 Å². The lowest BCUT2D eigenvalue weighted by Gasteiger charge is -2.16. The maximum absolute atomic E-state index is 13.7. The van der Waals surface area contributed by atoms with Crippen LogP contribution >= 0.6 is 11.6 Å². The lowest BCUT2D eigenvalue weighted by molar-refractivity contribution is 0.629. The van der Waals surface area contributed by atoms with Crippen LogP contribution in [0.5, 0.6) is 0 Å². The number of hydrogen-bond donors (Lipinski definition) is 1. The van der Waals surface area contributed by atoms with Crippen LogP contribution in [-0.2, 0) is 12.8 Å². The number of halogens is 2. The standard InChI is InChI=1S/C16H18ClFN2/c1-2-19-16-10-6-4-3-5-7-14(10)20-15-9-13(18)12(17)8-11(15)16/h8-9H,2-7H2,1H3,(H,19,20). The van der Waals surface area contributed by atoms with Crippen molar-refractivity contribution >= 4 is 28.2 Å². The minimum absolute atomic E-state index is 0.159. The van der Waals surface area contributed by atoms with Gasteiger partial charge < -0.3 is 5.32 Å². The van der Waals surface area contributed by atoms with E-state index in [1.165, 1.54) is 24.5 Å². The summed E-state index contributed by atoms with van der Waals surface area (Å²) in [5.41, 5.74) is 4.20. The summed E-state index contributed by atoms with van der Waals surface area (Å²) in [4.78, 5) is 4.68. The first kappa shape index (κ1) is 13.6. The molecule has 1 aromatic carbocycles. The first-order valence-electron chi connectivity index (χ1n) is 7.25. The van der Waals surface area contributed by atoms with Crippen LogP contribution in [0.2, 0.25) is 5.02 Å². The molecule has 3 rings (SSSR count). The number of aromatic nitrogens is 1. The number of nitrogens with zero attached hydrogens (tertiary/aromatic N) is 1. The smallest absolute Gasteiger partial charge is 0.143 e. The van der Waals surface area contributed by atoms with Gasteiger partial charge in [0.15, 0.2) is 0 Å². The molecule has 2 nitrogen and oxygen atoms in total. The molecule has 20 heavy (non-hydrogen) atoms. The Labute approximate surface area is 123 Å². The molecule has 0 fully saturated rings. The molecule has 1 N–H and O–H groups in total. The van der Waals surface area contributed by atoms with Crippen LogP contribution in [-0.4, -0.2) is 11.5 Å². The zero-order valence-corrected chi connectivity index (χ0v) is 12.4. The molecule has 0 saturated heterocycles. The van der Waals surface area contributed by atoms with Gasteiger partial charge in [-0.15, -0.1) is 0 Å². The van der Waals surface area contributed by atoms with Crippen molar-refractivity contribution in [2.45, 2.75) is 39.0 Å². The number of pyridine rings is 1. The minimum atomic E-state index is -0.400. The Morgan fingerprint density at radius 2 is 2.05 bits per heavy atom. The van der Waals surface area contributed by atoms with E-state index in [2.05, 4.69) is 17.2 Å². The fraction of sp³-hybridized carbons (Fsp3) is 0.438. The predicted octanol–water partition coefficient (Wildman–Crippen LogP) is 4.73. The molecule has 1 heterocycles.